The molecule has 0 unspecified atom stereocenters. The molecule has 0 aliphatic rings. The van der Waals surface area contributed by atoms with E-state index in [1.165, 1.54) is 31.1 Å². The van der Waals surface area contributed by atoms with Crippen LogP contribution in [-0.2, 0) is 0 Å². The van der Waals surface area contributed by atoms with Crippen molar-refractivity contribution in [2.24, 2.45) is 0 Å². The van der Waals surface area contributed by atoms with Crippen molar-refractivity contribution < 1.29 is 0 Å². The van der Waals surface area contributed by atoms with Crippen LogP contribution >= 0.6 is 11.8 Å². The van der Waals surface area contributed by atoms with Gasteiger partial charge in [0.15, 0.2) is 0 Å². The summed E-state index contributed by atoms with van der Waals surface area (Å²) in [6, 6.07) is 0. The van der Waals surface area contributed by atoms with Gasteiger partial charge in [0, 0.05) is 24.6 Å². The number of hydrogen-bond donors (Lipinski definition) is 1. The van der Waals surface area contributed by atoms with Gasteiger partial charge in [-0.05, 0) is 20.1 Å². The largest absolute Gasteiger partial charge is 0.319 e. The van der Waals surface area contributed by atoms with Crippen molar-refractivity contribution in [2.75, 3.05) is 44.7 Å². The van der Waals surface area contributed by atoms with Gasteiger partial charge in [-0.25, -0.2) is 0 Å². The van der Waals surface area contributed by atoms with Crippen LogP contribution in [0.3, 0.4) is 0 Å². The fraction of sp³-hybridized carbons (Fsp3) is 1.00. The molecule has 0 atom stereocenters. The quantitative estimate of drug-likeness (QED) is 0.581. The summed E-state index contributed by atoms with van der Waals surface area (Å²) < 4.78 is 0. The first-order valence-corrected chi connectivity index (χ1v) is 5.95. The van der Waals surface area contributed by atoms with Crippen LogP contribution in [0.25, 0.3) is 0 Å². The maximum Gasteiger partial charge on any atom is 0.00721 e. The molecule has 0 aromatic carbocycles. The minimum atomic E-state index is 1.13. The Bertz CT molecular complexity index is 84.6. The second-order valence-corrected chi connectivity index (χ2v) is 3.97. The van der Waals surface area contributed by atoms with Crippen LogP contribution in [0.5, 0.6) is 0 Å². The van der Waals surface area contributed by atoms with Gasteiger partial charge in [0.05, 0.1) is 0 Å². The van der Waals surface area contributed by atoms with Crippen molar-refractivity contribution in [3.05, 3.63) is 0 Å². The van der Waals surface area contributed by atoms with Gasteiger partial charge in [-0.15, -0.1) is 0 Å². The summed E-state index contributed by atoms with van der Waals surface area (Å²) in [6.07, 6.45) is 0. The van der Waals surface area contributed by atoms with Crippen LogP contribution in [0.1, 0.15) is 13.8 Å². The van der Waals surface area contributed by atoms with E-state index in [-0.39, 0.29) is 0 Å². The lowest BCUT2D eigenvalue weighted by Gasteiger charge is -2.17. The Labute approximate surface area is 81.1 Å². The van der Waals surface area contributed by atoms with E-state index >= 15 is 0 Å². The molecule has 12 heavy (non-hydrogen) atoms. The summed E-state index contributed by atoms with van der Waals surface area (Å²) >= 11 is 2.03. The molecule has 0 fully saturated rings. The first-order chi connectivity index (χ1) is 5.85. The van der Waals surface area contributed by atoms with Crippen LogP contribution < -0.4 is 5.32 Å². The molecule has 0 saturated carbocycles. The summed E-state index contributed by atoms with van der Waals surface area (Å²) in [5.74, 6) is 2.50. The molecule has 0 saturated heterocycles. The van der Waals surface area contributed by atoms with E-state index in [1.807, 2.05) is 18.8 Å². The van der Waals surface area contributed by atoms with Gasteiger partial charge in [-0.3, -0.25) is 0 Å². The highest BCUT2D eigenvalue weighted by Crippen LogP contribution is 1.99. The molecule has 0 amide bonds. The Balaban J connectivity index is 3.06. The van der Waals surface area contributed by atoms with E-state index in [0.717, 1.165) is 6.54 Å². The van der Waals surface area contributed by atoms with E-state index in [9.17, 15) is 0 Å². The van der Waals surface area contributed by atoms with E-state index in [0.29, 0.717) is 0 Å². The number of nitrogens with zero attached hydrogens (tertiary/aromatic N) is 1. The van der Waals surface area contributed by atoms with Crippen LogP contribution in [0.15, 0.2) is 0 Å². The van der Waals surface area contributed by atoms with Crippen LogP contribution in [-0.4, -0.2) is 49.6 Å². The molecule has 0 spiro atoms. The zero-order valence-corrected chi connectivity index (χ0v) is 9.41. The second-order valence-electron chi connectivity index (χ2n) is 2.74. The van der Waals surface area contributed by atoms with Gasteiger partial charge < -0.3 is 10.2 Å². The Morgan fingerprint density at radius 3 is 2.33 bits per heavy atom. The first kappa shape index (κ1) is 12.3. The monoisotopic (exact) mass is 190 g/mol. The Morgan fingerprint density at radius 1 is 1.17 bits per heavy atom. The van der Waals surface area contributed by atoms with Crippen LogP contribution in [0.4, 0.5) is 0 Å². The molecule has 0 bridgehead atoms. The molecule has 0 radical (unpaired) electrons. The highest BCUT2D eigenvalue weighted by Gasteiger charge is 1.97. The first-order valence-electron chi connectivity index (χ1n) is 4.79. The molecule has 2 nitrogen and oxygen atoms in total. The third-order valence-corrected chi connectivity index (χ3v) is 2.91. The maximum atomic E-state index is 3.15. The lowest BCUT2D eigenvalue weighted by atomic mass is 10.5. The predicted octanol–water partition coefficient (Wildman–Crippen LogP) is 1.28. The van der Waals surface area contributed by atoms with Crippen molar-refractivity contribution in [2.45, 2.75) is 13.8 Å². The van der Waals surface area contributed by atoms with Crippen LogP contribution in [0, 0.1) is 0 Å². The summed E-state index contributed by atoms with van der Waals surface area (Å²) in [4.78, 5) is 2.46. The lowest BCUT2D eigenvalue weighted by molar-refractivity contribution is 0.324. The average Bonchev–Trinajstić information content (AvgIpc) is 2.11. The Kier molecular flexibility index (Phi) is 9.57. The number of thioether (sulfide) groups is 1. The highest BCUT2D eigenvalue weighted by atomic mass is 32.2. The number of rotatable bonds is 8. The van der Waals surface area contributed by atoms with Gasteiger partial charge in [-0.1, -0.05) is 13.8 Å². The maximum absolute atomic E-state index is 3.15. The smallest absolute Gasteiger partial charge is 0.00721 e. The Hall–Kier alpha value is 0.270. The summed E-state index contributed by atoms with van der Waals surface area (Å²) in [5, 5.41) is 3.15. The molecule has 0 aromatic heterocycles. The topological polar surface area (TPSA) is 15.3 Å². The minimum Gasteiger partial charge on any atom is -0.319 e. The standard InChI is InChI=1S/C9H22N2S/c1-4-11(5-2)7-9-12-8-6-10-3/h10H,4-9H2,1-3H3. The SMILES string of the molecule is CCN(CC)CCSCCNC. The molecule has 3 heteroatoms. The fourth-order valence-electron chi connectivity index (χ4n) is 1.01. The zero-order chi connectivity index (χ0) is 9.23. The third kappa shape index (κ3) is 6.95. The van der Waals surface area contributed by atoms with Gasteiger partial charge in [0.1, 0.15) is 0 Å². The van der Waals surface area contributed by atoms with E-state index < -0.39 is 0 Å². The molecule has 1 N–H and O–H groups in total. The van der Waals surface area contributed by atoms with Gasteiger partial charge in [-0.2, -0.15) is 11.8 Å². The van der Waals surface area contributed by atoms with E-state index in [2.05, 4.69) is 24.1 Å². The molecule has 74 valence electrons. The minimum absolute atomic E-state index is 1.13. The molecule has 0 rings (SSSR count). The van der Waals surface area contributed by atoms with Crippen molar-refractivity contribution in [1.29, 1.82) is 0 Å². The van der Waals surface area contributed by atoms with Crippen molar-refractivity contribution in [3.8, 4) is 0 Å². The molecular formula is C9H22N2S. The highest BCUT2D eigenvalue weighted by molar-refractivity contribution is 7.99. The van der Waals surface area contributed by atoms with E-state index in [4.69, 9.17) is 0 Å². The van der Waals surface area contributed by atoms with Crippen molar-refractivity contribution >= 4 is 11.8 Å². The summed E-state index contributed by atoms with van der Waals surface area (Å²) in [5.41, 5.74) is 0. The Morgan fingerprint density at radius 2 is 1.83 bits per heavy atom. The molecule has 0 aliphatic heterocycles. The van der Waals surface area contributed by atoms with E-state index in [1.54, 1.807) is 0 Å². The molecule has 0 aliphatic carbocycles. The molecule has 0 heterocycles. The van der Waals surface area contributed by atoms with Crippen molar-refractivity contribution in [3.63, 3.8) is 0 Å². The lowest BCUT2D eigenvalue weighted by Crippen LogP contribution is -2.25. The number of nitrogens with one attached hydrogen (secondary N) is 1. The third-order valence-electron chi connectivity index (χ3n) is 1.94. The average molecular weight is 190 g/mol. The zero-order valence-electron chi connectivity index (χ0n) is 8.60. The molecule has 0 aromatic rings. The van der Waals surface area contributed by atoms with Crippen LogP contribution in [0.2, 0.25) is 0 Å². The summed E-state index contributed by atoms with van der Waals surface area (Å²) in [6.45, 7) is 9.18. The predicted molar refractivity (Wildman–Crippen MR) is 59.0 cm³/mol. The molecular weight excluding hydrogens is 168 g/mol. The fourth-order valence-corrected chi connectivity index (χ4v) is 1.95. The van der Waals surface area contributed by atoms with Gasteiger partial charge in [0.2, 0.25) is 0 Å². The normalized spacial score (nSPS) is 11.0. The second kappa shape index (κ2) is 9.36. The van der Waals surface area contributed by atoms with Gasteiger partial charge >= 0.3 is 0 Å². The van der Waals surface area contributed by atoms with Crippen molar-refractivity contribution in [1.82, 2.24) is 10.2 Å². The number of hydrogen-bond acceptors (Lipinski definition) is 3. The summed E-state index contributed by atoms with van der Waals surface area (Å²) in [7, 11) is 2.00. The van der Waals surface area contributed by atoms with Gasteiger partial charge in [0.25, 0.3) is 0 Å².